The van der Waals surface area contributed by atoms with Gasteiger partial charge in [-0.15, -0.1) is 11.3 Å². The number of hydrogen-bond acceptors (Lipinski definition) is 5. The molecule has 28 heavy (non-hydrogen) atoms. The summed E-state index contributed by atoms with van der Waals surface area (Å²) in [6.45, 7) is 7.46. The van der Waals surface area contributed by atoms with Gasteiger partial charge in [-0.1, -0.05) is 42.5 Å². The molecule has 0 radical (unpaired) electrons. The van der Waals surface area contributed by atoms with E-state index < -0.39 is 18.0 Å². The van der Waals surface area contributed by atoms with Crippen LogP contribution in [-0.4, -0.2) is 16.9 Å². The average molecular weight is 394 g/mol. The molecule has 0 aliphatic heterocycles. The van der Waals surface area contributed by atoms with Gasteiger partial charge in [0.15, 0.2) is 0 Å². The molecule has 1 atom stereocenters. The number of carbonyl (C=O) groups is 2. The van der Waals surface area contributed by atoms with Gasteiger partial charge in [-0.05, 0) is 44.9 Å². The summed E-state index contributed by atoms with van der Waals surface area (Å²) in [6.07, 6.45) is -1.06. The van der Waals surface area contributed by atoms with Crippen LogP contribution >= 0.6 is 11.3 Å². The van der Waals surface area contributed by atoms with Crippen molar-refractivity contribution in [1.82, 2.24) is 4.98 Å². The van der Waals surface area contributed by atoms with Gasteiger partial charge in [-0.2, -0.15) is 0 Å². The molecule has 1 amide bonds. The first-order valence-electron chi connectivity index (χ1n) is 8.93. The van der Waals surface area contributed by atoms with Gasteiger partial charge in [0, 0.05) is 11.3 Å². The maximum Gasteiger partial charge on any atom is 0.351 e. The highest BCUT2D eigenvalue weighted by molar-refractivity contribution is 7.13. The summed E-state index contributed by atoms with van der Waals surface area (Å²) in [5, 5.41) is 3.68. The second-order valence-electron chi connectivity index (χ2n) is 6.65. The van der Waals surface area contributed by atoms with Crippen molar-refractivity contribution in [3.8, 4) is 0 Å². The number of carbonyl (C=O) groups excluding carboxylic acids is 2. The van der Waals surface area contributed by atoms with Crippen molar-refractivity contribution in [2.45, 2.75) is 33.8 Å². The number of rotatable bonds is 5. The van der Waals surface area contributed by atoms with E-state index in [1.54, 1.807) is 19.1 Å². The van der Waals surface area contributed by atoms with Crippen LogP contribution in [0.2, 0.25) is 0 Å². The molecule has 0 saturated heterocycles. The van der Waals surface area contributed by atoms with Crippen molar-refractivity contribution in [3.63, 3.8) is 0 Å². The molecule has 0 bridgehead atoms. The zero-order valence-corrected chi connectivity index (χ0v) is 17.1. The van der Waals surface area contributed by atoms with Gasteiger partial charge in [-0.25, -0.2) is 9.78 Å². The molecule has 0 fully saturated rings. The Bertz CT molecular complexity index is 1010. The van der Waals surface area contributed by atoms with E-state index in [1.807, 2.05) is 57.2 Å². The molecule has 0 aliphatic rings. The molecule has 1 aromatic heterocycles. The Morgan fingerprint density at radius 1 is 1.04 bits per heavy atom. The summed E-state index contributed by atoms with van der Waals surface area (Å²) in [4.78, 5) is 30.4. The number of benzene rings is 2. The Kier molecular flexibility index (Phi) is 5.90. The van der Waals surface area contributed by atoms with Crippen LogP contribution in [0, 0.1) is 27.7 Å². The summed E-state index contributed by atoms with van der Waals surface area (Å²) in [7, 11) is 0. The Morgan fingerprint density at radius 3 is 2.39 bits per heavy atom. The summed E-state index contributed by atoms with van der Waals surface area (Å²) in [5.74, 6) is -0.944. The number of aromatic nitrogens is 1. The van der Waals surface area contributed by atoms with E-state index in [4.69, 9.17) is 4.74 Å². The van der Waals surface area contributed by atoms with Crippen molar-refractivity contribution in [2.75, 3.05) is 5.32 Å². The summed E-state index contributed by atoms with van der Waals surface area (Å²) in [6, 6.07) is 14.8. The molecule has 6 heteroatoms. The monoisotopic (exact) mass is 394 g/mol. The van der Waals surface area contributed by atoms with Crippen molar-refractivity contribution >= 4 is 28.9 Å². The first kappa shape index (κ1) is 19.8. The molecular formula is C22H22N2O3S. The lowest BCUT2D eigenvalue weighted by Crippen LogP contribution is -2.26. The van der Waals surface area contributed by atoms with Crippen molar-refractivity contribution in [3.05, 3.63) is 80.8 Å². The number of amides is 1. The van der Waals surface area contributed by atoms with Crippen LogP contribution in [0.1, 0.15) is 43.2 Å². The van der Waals surface area contributed by atoms with Gasteiger partial charge in [0.2, 0.25) is 6.10 Å². The van der Waals surface area contributed by atoms with Crippen LogP contribution in [0.4, 0.5) is 5.69 Å². The second-order valence-corrected chi connectivity index (χ2v) is 7.85. The lowest BCUT2D eigenvalue weighted by Gasteiger charge is -2.19. The maximum atomic E-state index is 13.0. The highest BCUT2D eigenvalue weighted by Crippen LogP contribution is 2.26. The Morgan fingerprint density at radius 2 is 1.75 bits per heavy atom. The Balaban J connectivity index is 1.89. The van der Waals surface area contributed by atoms with Crippen LogP contribution < -0.4 is 5.32 Å². The van der Waals surface area contributed by atoms with Gasteiger partial charge < -0.3 is 10.1 Å². The van der Waals surface area contributed by atoms with Crippen molar-refractivity contribution in [2.24, 2.45) is 0 Å². The molecule has 1 N–H and O–H groups in total. The van der Waals surface area contributed by atoms with Gasteiger partial charge in [-0.3, -0.25) is 4.79 Å². The minimum Gasteiger partial charge on any atom is -0.443 e. The number of esters is 1. The van der Waals surface area contributed by atoms with Gasteiger partial charge in [0.05, 0.1) is 10.7 Å². The van der Waals surface area contributed by atoms with Crippen molar-refractivity contribution in [1.29, 1.82) is 0 Å². The minimum absolute atomic E-state index is 0.396. The van der Waals surface area contributed by atoms with E-state index in [2.05, 4.69) is 10.3 Å². The summed E-state index contributed by atoms with van der Waals surface area (Å²) < 4.78 is 5.64. The fourth-order valence-corrected chi connectivity index (χ4v) is 3.65. The molecule has 2 aromatic carbocycles. The van der Waals surface area contributed by atoms with Crippen molar-refractivity contribution < 1.29 is 14.3 Å². The second kappa shape index (κ2) is 8.35. The molecule has 144 valence electrons. The average Bonchev–Trinajstić information content (AvgIpc) is 3.01. The molecule has 0 unspecified atom stereocenters. The van der Waals surface area contributed by atoms with E-state index in [1.165, 1.54) is 11.3 Å². The third kappa shape index (κ3) is 4.46. The SMILES string of the molecule is Cc1ccc(C)c(NC(=O)[C@H](OC(=O)c2sc(C)nc2C)c2ccccc2)c1. The van der Waals surface area contributed by atoms with Crippen LogP contribution in [0.5, 0.6) is 0 Å². The fraction of sp³-hybridized carbons (Fsp3) is 0.227. The number of nitrogens with one attached hydrogen (secondary N) is 1. The number of anilines is 1. The van der Waals surface area contributed by atoms with Gasteiger partial charge in [0.25, 0.3) is 5.91 Å². The normalized spacial score (nSPS) is 11.7. The van der Waals surface area contributed by atoms with E-state index in [-0.39, 0.29) is 0 Å². The highest BCUT2D eigenvalue weighted by atomic mass is 32.1. The maximum absolute atomic E-state index is 13.0. The Labute approximate surface area is 168 Å². The number of thiazole rings is 1. The predicted molar refractivity (Wildman–Crippen MR) is 111 cm³/mol. The zero-order valence-electron chi connectivity index (χ0n) is 16.3. The third-order valence-corrected chi connectivity index (χ3v) is 5.36. The first-order valence-corrected chi connectivity index (χ1v) is 9.75. The molecular weight excluding hydrogens is 372 g/mol. The molecule has 0 aliphatic carbocycles. The predicted octanol–water partition coefficient (Wildman–Crippen LogP) is 4.91. The molecule has 1 heterocycles. The van der Waals surface area contributed by atoms with E-state index in [0.717, 1.165) is 16.1 Å². The fourth-order valence-electron chi connectivity index (χ4n) is 2.85. The molecule has 3 rings (SSSR count). The number of aryl methyl sites for hydroxylation is 4. The quantitative estimate of drug-likeness (QED) is 0.624. The van der Waals surface area contributed by atoms with Crippen LogP contribution in [0.15, 0.2) is 48.5 Å². The largest absolute Gasteiger partial charge is 0.443 e. The lowest BCUT2D eigenvalue weighted by molar-refractivity contribution is -0.125. The van der Waals surface area contributed by atoms with E-state index in [9.17, 15) is 9.59 Å². The van der Waals surface area contributed by atoms with Gasteiger partial charge >= 0.3 is 5.97 Å². The number of hydrogen-bond donors (Lipinski definition) is 1. The standard InChI is InChI=1S/C22H22N2O3S/c1-13-10-11-14(2)18(12-13)24-21(25)19(17-8-6-5-7-9-17)27-22(26)20-15(3)23-16(4)28-20/h5-12,19H,1-4H3,(H,24,25)/t19-/m1/s1. The minimum atomic E-state index is -1.06. The number of ether oxygens (including phenoxy) is 1. The molecule has 0 saturated carbocycles. The van der Waals surface area contributed by atoms with Crippen LogP contribution in [0.25, 0.3) is 0 Å². The molecule has 3 aromatic rings. The molecule has 5 nitrogen and oxygen atoms in total. The van der Waals surface area contributed by atoms with Gasteiger partial charge in [0.1, 0.15) is 4.88 Å². The van der Waals surface area contributed by atoms with E-state index >= 15 is 0 Å². The third-order valence-electron chi connectivity index (χ3n) is 4.31. The van der Waals surface area contributed by atoms with Crippen LogP contribution in [0.3, 0.4) is 0 Å². The Hall–Kier alpha value is -2.99. The topological polar surface area (TPSA) is 68.3 Å². The molecule has 0 spiro atoms. The summed E-state index contributed by atoms with van der Waals surface area (Å²) >= 11 is 1.26. The zero-order chi connectivity index (χ0) is 20.3. The first-order chi connectivity index (χ1) is 13.3. The smallest absolute Gasteiger partial charge is 0.351 e. The lowest BCUT2D eigenvalue weighted by atomic mass is 10.1. The van der Waals surface area contributed by atoms with E-state index in [0.29, 0.717) is 21.8 Å². The summed E-state index contributed by atoms with van der Waals surface area (Å²) in [5.41, 5.74) is 3.88. The highest BCUT2D eigenvalue weighted by Gasteiger charge is 2.28. The van der Waals surface area contributed by atoms with Crippen LogP contribution in [-0.2, 0) is 9.53 Å². The number of nitrogens with zero attached hydrogens (tertiary/aromatic N) is 1.